The highest BCUT2D eigenvalue weighted by Crippen LogP contribution is 2.12. The number of aromatic nitrogens is 3. The molecule has 0 atom stereocenters. The summed E-state index contributed by atoms with van der Waals surface area (Å²) in [6, 6.07) is 0. The number of rotatable bonds is 6. The van der Waals surface area contributed by atoms with E-state index in [1.165, 1.54) is 4.57 Å². The fourth-order valence-corrected chi connectivity index (χ4v) is 1.73. The number of thioether (sulfide) groups is 1. The smallest absolute Gasteiger partial charge is 0.344 e. The first-order valence-electron chi connectivity index (χ1n) is 4.65. The van der Waals surface area contributed by atoms with Crippen LogP contribution in [0.2, 0.25) is 0 Å². The van der Waals surface area contributed by atoms with Crippen LogP contribution in [0.1, 0.15) is 0 Å². The Bertz CT molecular complexity index is 412. The molecular formula is C8H14N4O3S. The summed E-state index contributed by atoms with van der Waals surface area (Å²) in [6.07, 6.45) is 0. The molecule has 1 aromatic rings. The van der Waals surface area contributed by atoms with Gasteiger partial charge in [-0.1, -0.05) is 11.8 Å². The van der Waals surface area contributed by atoms with Crippen molar-refractivity contribution in [3.63, 3.8) is 0 Å². The second kappa shape index (κ2) is 5.71. The fourth-order valence-electron chi connectivity index (χ4n) is 1.04. The van der Waals surface area contributed by atoms with E-state index in [1.54, 1.807) is 0 Å². The molecule has 7 nitrogen and oxygen atoms in total. The first-order chi connectivity index (χ1) is 7.50. The Morgan fingerprint density at radius 3 is 2.88 bits per heavy atom. The standard InChI is InChI=1S/C8H14N4O3S/c1-11(2)3-4-12-7(15)9-10-8(12)16-5-6(13)14/h3-5H2,1-2H3,(H,9,15)(H,13,14). The minimum absolute atomic E-state index is 0.105. The molecule has 1 rings (SSSR count). The molecule has 8 heteroatoms. The first kappa shape index (κ1) is 12.8. The van der Waals surface area contributed by atoms with Crippen molar-refractivity contribution in [1.29, 1.82) is 0 Å². The molecule has 0 spiro atoms. The van der Waals surface area contributed by atoms with Gasteiger partial charge in [0.2, 0.25) is 0 Å². The van der Waals surface area contributed by atoms with Crippen LogP contribution in [0, 0.1) is 0 Å². The maximum atomic E-state index is 11.4. The van der Waals surface area contributed by atoms with Gasteiger partial charge in [-0.05, 0) is 14.1 Å². The summed E-state index contributed by atoms with van der Waals surface area (Å²) in [5.74, 6) is -1.04. The van der Waals surface area contributed by atoms with Gasteiger partial charge >= 0.3 is 11.7 Å². The molecular weight excluding hydrogens is 232 g/mol. The van der Waals surface area contributed by atoms with Crippen molar-refractivity contribution in [2.24, 2.45) is 0 Å². The molecule has 0 fully saturated rings. The molecule has 0 amide bonds. The highest BCUT2D eigenvalue weighted by molar-refractivity contribution is 7.99. The summed E-state index contributed by atoms with van der Waals surface area (Å²) in [6.45, 7) is 1.18. The quantitative estimate of drug-likeness (QED) is 0.646. The van der Waals surface area contributed by atoms with E-state index in [4.69, 9.17) is 5.11 Å². The number of aromatic amines is 1. The topological polar surface area (TPSA) is 91.2 Å². The Morgan fingerprint density at radius 2 is 2.31 bits per heavy atom. The minimum Gasteiger partial charge on any atom is -0.481 e. The van der Waals surface area contributed by atoms with Gasteiger partial charge < -0.3 is 10.0 Å². The van der Waals surface area contributed by atoms with E-state index in [9.17, 15) is 9.59 Å². The number of hydrogen-bond acceptors (Lipinski definition) is 5. The third-order valence-corrected chi connectivity index (χ3v) is 2.78. The summed E-state index contributed by atoms with van der Waals surface area (Å²) in [4.78, 5) is 23.7. The lowest BCUT2D eigenvalue weighted by atomic mass is 10.6. The molecule has 2 N–H and O–H groups in total. The second-order valence-electron chi connectivity index (χ2n) is 3.45. The van der Waals surface area contributed by atoms with E-state index in [0.29, 0.717) is 18.2 Å². The van der Waals surface area contributed by atoms with Crippen molar-refractivity contribution in [1.82, 2.24) is 19.7 Å². The molecule has 16 heavy (non-hydrogen) atoms. The maximum Gasteiger partial charge on any atom is 0.344 e. The van der Waals surface area contributed by atoms with Crippen molar-refractivity contribution in [2.75, 3.05) is 26.4 Å². The summed E-state index contributed by atoms with van der Waals surface area (Å²) in [5.41, 5.74) is -0.310. The first-order valence-corrected chi connectivity index (χ1v) is 5.64. The van der Waals surface area contributed by atoms with Gasteiger partial charge in [-0.25, -0.2) is 9.89 Å². The maximum absolute atomic E-state index is 11.4. The molecule has 1 heterocycles. The predicted octanol–water partition coefficient (Wildman–Crippen LogP) is -0.690. The number of nitrogens with one attached hydrogen (secondary N) is 1. The van der Waals surface area contributed by atoms with E-state index in [0.717, 1.165) is 11.8 Å². The lowest BCUT2D eigenvalue weighted by Gasteiger charge is -2.10. The van der Waals surface area contributed by atoms with Crippen LogP contribution in [0.4, 0.5) is 0 Å². The average Bonchev–Trinajstić information content (AvgIpc) is 2.53. The molecule has 0 radical (unpaired) electrons. The van der Waals surface area contributed by atoms with Gasteiger partial charge in [0.15, 0.2) is 5.16 Å². The van der Waals surface area contributed by atoms with Gasteiger partial charge in [0.25, 0.3) is 0 Å². The van der Waals surface area contributed by atoms with Gasteiger partial charge in [-0.3, -0.25) is 9.36 Å². The Labute approximate surface area is 96.4 Å². The van der Waals surface area contributed by atoms with Gasteiger partial charge in [0, 0.05) is 13.1 Å². The van der Waals surface area contributed by atoms with Crippen molar-refractivity contribution in [3.8, 4) is 0 Å². The fraction of sp³-hybridized carbons (Fsp3) is 0.625. The summed E-state index contributed by atoms with van der Waals surface area (Å²) in [7, 11) is 3.80. The Hall–Kier alpha value is -1.28. The SMILES string of the molecule is CN(C)CCn1c(SCC(=O)O)n[nH]c1=O. The van der Waals surface area contributed by atoms with Crippen LogP contribution >= 0.6 is 11.8 Å². The molecule has 1 aromatic heterocycles. The zero-order valence-electron chi connectivity index (χ0n) is 9.13. The van der Waals surface area contributed by atoms with Gasteiger partial charge in [-0.15, -0.1) is 5.10 Å². The van der Waals surface area contributed by atoms with E-state index < -0.39 is 5.97 Å². The third-order valence-electron chi connectivity index (χ3n) is 1.82. The van der Waals surface area contributed by atoms with Crippen molar-refractivity contribution in [3.05, 3.63) is 10.5 Å². The molecule has 0 saturated heterocycles. The van der Waals surface area contributed by atoms with E-state index >= 15 is 0 Å². The van der Waals surface area contributed by atoms with Crippen molar-refractivity contribution >= 4 is 17.7 Å². The van der Waals surface area contributed by atoms with E-state index in [2.05, 4.69) is 10.2 Å². The van der Waals surface area contributed by atoms with Crippen molar-refractivity contribution < 1.29 is 9.90 Å². The summed E-state index contributed by atoms with van der Waals surface area (Å²) >= 11 is 1.03. The molecule has 0 unspecified atom stereocenters. The van der Waals surface area contributed by atoms with Crippen LogP contribution in [-0.2, 0) is 11.3 Å². The van der Waals surface area contributed by atoms with E-state index in [1.807, 2.05) is 19.0 Å². The van der Waals surface area contributed by atoms with Crippen LogP contribution < -0.4 is 5.69 Å². The predicted molar refractivity (Wildman–Crippen MR) is 59.8 cm³/mol. The largest absolute Gasteiger partial charge is 0.481 e. The number of likely N-dealkylation sites (N-methyl/N-ethyl adjacent to an activating group) is 1. The molecule has 0 aliphatic carbocycles. The molecule has 0 aliphatic heterocycles. The Kier molecular flexibility index (Phi) is 4.56. The summed E-state index contributed by atoms with van der Waals surface area (Å²) < 4.78 is 1.44. The van der Waals surface area contributed by atoms with Gasteiger partial charge in [-0.2, -0.15) is 0 Å². The number of aliphatic carboxylic acids is 1. The van der Waals surface area contributed by atoms with Crippen molar-refractivity contribution in [2.45, 2.75) is 11.7 Å². The number of carboxylic acid groups (broad SMARTS) is 1. The van der Waals surface area contributed by atoms with Crippen LogP contribution in [0.3, 0.4) is 0 Å². The van der Waals surface area contributed by atoms with Gasteiger partial charge in [0.1, 0.15) is 0 Å². The summed E-state index contributed by atoms with van der Waals surface area (Å²) in [5, 5.41) is 15.0. The number of H-pyrrole nitrogens is 1. The Morgan fingerprint density at radius 1 is 1.62 bits per heavy atom. The zero-order chi connectivity index (χ0) is 12.1. The monoisotopic (exact) mass is 246 g/mol. The van der Waals surface area contributed by atoms with Crippen LogP contribution in [0.15, 0.2) is 9.95 Å². The normalized spacial score (nSPS) is 10.9. The highest BCUT2D eigenvalue weighted by Gasteiger charge is 2.10. The zero-order valence-corrected chi connectivity index (χ0v) is 9.95. The lowest BCUT2D eigenvalue weighted by Crippen LogP contribution is -2.25. The number of nitrogens with zero attached hydrogens (tertiary/aromatic N) is 3. The van der Waals surface area contributed by atoms with Crippen LogP contribution in [0.25, 0.3) is 0 Å². The Balaban J connectivity index is 2.69. The minimum atomic E-state index is -0.931. The molecule has 0 aromatic carbocycles. The highest BCUT2D eigenvalue weighted by atomic mass is 32.2. The number of carbonyl (C=O) groups is 1. The molecule has 0 bridgehead atoms. The molecule has 90 valence electrons. The third kappa shape index (κ3) is 3.70. The second-order valence-corrected chi connectivity index (χ2v) is 4.39. The molecule has 0 aliphatic rings. The van der Waals surface area contributed by atoms with E-state index in [-0.39, 0.29) is 11.4 Å². The van der Waals surface area contributed by atoms with Gasteiger partial charge in [0.05, 0.1) is 5.75 Å². The number of carboxylic acids is 1. The van der Waals surface area contributed by atoms with Crippen LogP contribution in [-0.4, -0.2) is 57.1 Å². The number of hydrogen-bond donors (Lipinski definition) is 2. The van der Waals surface area contributed by atoms with Crippen LogP contribution in [0.5, 0.6) is 0 Å². The average molecular weight is 246 g/mol. The lowest BCUT2D eigenvalue weighted by molar-refractivity contribution is -0.133. The molecule has 0 saturated carbocycles.